The van der Waals surface area contributed by atoms with Gasteiger partial charge in [0.1, 0.15) is 12.1 Å². The fourth-order valence-electron chi connectivity index (χ4n) is 4.67. The van der Waals surface area contributed by atoms with Crippen LogP contribution in [0.3, 0.4) is 0 Å². The van der Waals surface area contributed by atoms with Crippen molar-refractivity contribution in [3.05, 3.63) is 70.8 Å². The molecular formula is C25H30N2O4. The predicted octanol–water partition coefficient (Wildman–Crippen LogP) is 4.06. The van der Waals surface area contributed by atoms with Crippen LogP contribution in [0.15, 0.2) is 53.7 Å². The number of carbonyl (C=O) groups is 1. The van der Waals surface area contributed by atoms with Crippen LogP contribution in [0.1, 0.15) is 60.3 Å². The van der Waals surface area contributed by atoms with Gasteiger partial charge in [-0.25, -0.2) is 4.79 Å². The second-order valence-electron chi connectivity index (χ2n) is 8.51. The summed E-state index contributed by atoms with van der Waals surface area (Å²) in [6, 6.07) is 16.8. The van der Waals surface area contributed by atoms with E-state index in [4.69, 9.17) is 15.5 Å². The normalized spacial score (nSPS) is 24.1. The summed E-state index contributed by atoms with van der Waals surface area (Å²) in [6.07, 6.45) is 5.88. The minimum Gasteiger partial charge on any atom is -0.395 e. The summed E-state index contributed by atoms with van der Waals surface area (Å²) in [7, 11) is 1.32. The molecule has 0 radical (unpaired) electrons. The van der Waals surface area contributed by atoms with Crippen LogP contribution in [-0.4, -0.2) is 30.9 Å². The topological polar surface area (TPSA) is 83.1 Å². The van der Waals surface area contributed by atoms with E-state index in [1.807, 2.05) is 18.2 Å². The van der Waals surface area contributed by atoms with Gasteiger partial charge in [0, 0.05) is 12.0 Å². The molecule has 0 heterocycles. The van der Waals surface area contributed by atoms with Crippen molar-refractivity contribution in [1.82, 2.24) is 0 Å². The Kier molecular flexibility index (Phi) is 6.68. The van der Waals surface area contributed by atoms with E-state index >= 15 is 0 Å². The van der Waals surface area contributed by atoms with E-state index < -0.39 is 11.5 Å². The van der Waals surface area contributed by atoms with E-state index in [2.05, 4.69) is 40.4 Å². The lowest BCUT2D eigenvalue weighted by Gasteiger charge is -2.22. The van der Waals surface area contributed by atoms with Gasteiger partial charge in [-0.2, -0.15) is 4.89 Å². The maximum absolute atomic E-state index is 12.1. The molecule has 2 atom stereocenters. The molecule has 1 fully saturated rings. The Bertz CT molecular complexity index is 944. The molecule has 31 heavy (non-hydrogen) atoms. The number of nitrogens with zero attached hydrogens (tertiary/aromatic N) is 1. The highest BCUT2D eigenvalue weighted by Crippen LogP contribution is 2.41. The average Bonchev–Trinajstić information content (AvgIpc) is 3.21. The fraction of sp³-hybridized carbons (Fsp3) is 0.440. The highest BCUT2D eigenvalue weighted by atomic mass is 17.2. The molecule has 0 aliphatic heterocycles. The first-order valence-corrected chi connectivity index (χ1v) is 11.0. The molecule has 0 spiro atoms. The Balaban J connectivity index is 1.41. The number of rotatable bonds is 7. The molecule has 1 saturated carbocycles. The van der Waals surface area contributed by atoms with Gasteiger partial charge < -0.3 is 10.6 Å². The Hall–Kier alpha value is -2.70. The van der Waals surface area contributed by atoms with E-state index in [1.165, 1.54) is 29.4 Å². The van der Waals surface area contributed by atoms with Gasteiger partial charge in [0.15, 0.2) is 0 Å². The summed E-state index contributed by atoms with van der Waals surface area (Å²) in [5, 5.41) is 4.46. The largest absolute Gasteiger partial charge is 0.395 e. The molecule has 2 aromatic carbocycles. The van der Waals surface area contributed by atoms with Crippen molar-refractivity contribution in [2.45, 2.75) is 56.4 Å². The monoisotopic (exact) mass is 422 g/mol. The van der Waals surface area contributed by atoms with Crippen molar-refractivity contribution in [3.63, 3.8) is 0 Å². The molecule has 2 aliphatic rings. The smallest absolute Gasteiger partial charge is 0.361 e. The standard InChI is InChI=1S/C25H30N2O4/c1-29-31-24(28)25(26)14-12-21(17-25)19-10-11-22-20(16-19)8-5-9-23(22)27-30-15-13-18-6-3-2-4-7-18/h2-4,6-7,10-11,16,21H,5,8-9,12-15,17,26H2,1H3/b27-23+. The van der Waals surface area contributed by atoms with Gasteiger partial charge in [0.2, 0.25) is 0 Å². The molecule has 2 aromatic rings. The third-order valence-corrected chi connectivity index (χ3v) is 6.39. The number of hydrogen-bond acceptors (Lipinski definition) is 6. The average molecular weight is 423 g/mol. The predicted molar refractivity (Wildman–Crippen MR) is 119 cm³/mol. The number of aryl methyl sites for hydroxylation is 1. The molecular weight excluding hydrogens is 392 g/mol. The third kappa shape index (κ3) is 4.97. The minimum atomic E-state index is -0.976. The van der Waals surface area contributed by atoms with E-state index in [9.17, 15) is 4.79 Å². The summed E-state index contributed by atoms with van der Waals surface area (Å²) in [4.78, 5) is 27.0. The number of benzene rings is 2. The number of oxime groups is 1. The first-order valence-electron chi connectivity index (χ1n) is 11.0. The molecule has 4 rings (SSSR count). The van der Waals surface area contributed by atoms with Crippen molar-refractivity contribution >= 4 is 11.7 Å². The Labute approximate surface area is 183 Å². The molecule has 0 bridgehead atoms. The van der Waals surface area contributed by atoms with Crippen LogP contribution in [-0.2, 0) is 32.2 Å². The Morgan fingerprint density at radius 1 is 1.19 bits per heavy atom. The molecule has 2 unspecified atom stereocenters. The van der Waals surface area contributed by atoms with Gasteiger partial charge >= 0.3 is 5.97 Å². The van der Waals surface area contributed by atoms with Crippen LogP contribution in [0.5, 0.6) is 0 Å². The second-order valence-corrected chi connectivity index (χ2v) is 8.51. The highest BCUT2D eigenvalue weighted by molar-refractivity contribution is 6.02. The number of nitrogens with two attached hydrogens (primary N) is 1. The number of hydrogen-bond donors (Lipinski definition) is 1. The molecule has 164 valence electrons. The summed E-state index contributed by atoms with van der Waals surface area (Å²) >= 11 is 0. The summed E-state index contributed by atoms with van der Waals surface area (Å²) in [6.45, 7) is 0.569. The van der Waals surface area contributed by atoms with Crippen LogP contribution in [0, 0.1) is 0 Å². The lowest BCUT2D eigenvalue weighted by Crippen LogP contribution is -2.46. The SMILES string of the molecule is COOC(=O)C1(N)CCC(c2ccc3c(c2)CCC/C3=N\OCCc2ccccc2)C1. The molecule has 6 nitrogen and oxygen atoms in total. The van der Waals surface area contributed by atoms with Crippen molar-refractivity contribution in [1.29, 1.82) is 0 Å². The summed E-state index contributed by atoms with van der Waals surface area (Å²) in [5.74, 6) is -0.248. The molecule has 0 aromatic heterocycles. The summed E-state index contributed by atoms with van der Waals surface area (Å²) in [5.41, 5.74) is 11.3. The lowest BCUT2D eigenvalue weighted by molar-refractivity contribution is -0.260. The van der Waals surface area contributed by atoms with Crippen LogP contribution >= 0.6 is 0 Å². The zero-order valence-electron chi connectivity index (χ0n) is 18.0. The third-order valence-electron chi connectivity index (χ3n) is 6.39. The summed E-state index contributed by atoms with van der Waals surface area (Å²) < 4.78 is 0. The van der Waals surface area contributed by atoms with Gasteiger partial charge in [-0.3, -0.25) is 4.89 Å². The zero-order chi connectivity index (χ0) is 21.7. The zero-order valence-corrected chi connectivity index (χ0v) is 18.0. The Morgan fingerprint density at radius 3 is 2.84 bits per heavy atom. The lowest BCUT2D eigenvalue weighted by atomic mass is 9.85. The molecule has 0 saturated heterocycles. The quantitative estimate of drug-likeness (QED) is 0.413. The van der Waals surface area contributed by atoms with Crippen molar-refractivity contribution in [2.75, 3.05) is 13.7 Å². The highest BCUT2D eigenvalue weighted by Gasteiger charge is 2.44. The number of carbonyl (C=O) groups excluding carboxylic acids is 1. The van der Waals surface area contributed by atoms with Crippen LogP contribution < -0.4 is 5.73 Å². The maximum Gasteiger partial charge on any atom is 0.361 e. The molecule has 2 aliphatic carbocycles. The van der Waals surface area contributed by atoms with Gasteiger partial charge in [-0.15, -0.1) is 0 Å². The molecule has 6 heteroatoms. The Morgan fingerprint density at radius 2 is 2.03 bits per heavy atom. The van der Waals surface area contributed by atoms with E-state index in [1.54, 1.807) is 0 Å². The van der Waals surface area contributed by atoms with Gasteiger partial charge in [0.05, 0.1) is 12.8 Å². The van der Waals surface area contributed by atoms with Crippen molar-refractivity contribution in [3.8, 4) is 0 Å². The maximum atomic E-state index is 12.1. The fourth-order valence-corrected chi connectivity index (χ4v) is 4.67. The number of fused-ring (bicyclic) bond motifs is 1. The van der Waals surface area contributed by atoms with Crippen LogP contribution in [0.2, 0.25) is 0 Å². The van der Waals surface area contributed by atoms with Crippen LogP contribution in [0.4, 0.5) is 0 Å². The first-order chi connectivity index (χ1) is 15.1. The van der Waals surface area contributed by atoms with E-state index in [-0.39, 0.29) is 5.92 Å². The minimum absolute atomic E-state index is 0.240. The van der Waals surface area contributed by atoms with E-state index in [0.717, 1.165) is 37.8 Å². The van der Waals surface area contributed by atoms with E-state index in [0.29, 0.717) is 19.4 Å². The van der Waals surface area contributed by atoms with Gasteiger partial charge in [-0.05, 0) is 61.1 Å². The molecule has 2 N–H and O–H groups in total. The van der Waals surface area contributed by atoms with Gasteiger partial charge in [0.25, 0.3) is 0 Å². The second kappa shape index (κ2) is 9.62. The van der Waals surface area contributed by atoms with Gasteiger partial charge in [-0.1, -0.05) is 53.7 Å². The molecule has 0 amide bonds. The van der Waals surface area contributed by atoms with Crippen molar-refractivity contribution < 1.29 is 19.4 Å². The van der Waals surface area contributed by atoms with Crippen molar-refractivity contribution in [2.24, 2.45) is 10.9 Å². The van der Waals surface area contributed by atoms with Crippen LogP contribution in [0.25, 0.3) is 0 Å². The first kappa shape index (κ1) is 21.5.